The summed E-state index contributed by atoms with van der Waals surface area (Å²) in [5, 5.41) is 21.3. The number of ether oxygens (including phenoxy) is 1. The van der Waals surface area contributed by atoms with Crippen LogP contribution in [-0.4, -0.2) is 28.7 Å². The molecule has 0 saturated carbocycles. The molecule has 0 heterocycles. The molecule has 0 aliphatic rings. The van der Waals surface area contributed by atoms with Gasteiger partial charge in [0.05, 0.1) is 0 Å². The number of phenolic OH excluding ortho intramolecular Hbond substituents is 2. The molecule has 6 nitrogen and oxygen atoms in total. The summed E-state index contributed by atoms with van der Waals surface area (Å²) < 4.78 is 4.85. The van der Waals surface area contributed by atoms with Crippen LogP contribution in [-0.2, 0) is 9.53 Å². The standard InChI is InChI=1S/C16H15NO5/c1-10-2-7-13(14(19)8-10)16(21)22-9-15(20)17-11-3-5-12(18)6-4-11/h2-8,18-19H,9H2,1H3,(H,17,20). The van der Waals surface area contributed by atoms with Crippen molar-refractivity contribution in [3.05, 3.63) is 53.6 Å². The zero-order valence-electron chi connectivity index (χ0n) is 11.9. The monoisotopic (exact) mass is 301 g/mol. The summed E-state index contributed by atoms with van der Waals surface area (Å²) in [6.07, 6.45) is 0. The molecule has 0 fully saturated rings. The van der Waals surface area contributed by atoms with Gasteiger partial charge >= 0.3 is 5.97 Å². The topological polar surface area (TPSA) is 95.9 Å². The lowest BCUT2D eigenvalue weighted by molar-refractivity contribution is -0.119. The van der Waals surface area contributed by atoms with Gasteiger partial charge in [0.2, 0.25) is 0 Å². The molecule has 0 spiro atoms. The first kappa shape index (κ1) is 15.4. The minimum absolute atomic E-state index is 0.00281. The van der Waals surface area contributed by atoms with E-state index in [0.717, 1.165) is 5.56 Å². The number of benzene rings is 2. The molecule has 0 aliphatic heterocycles. The highest BCUT2D eigenvalue weighted by Crippen LogP contribution is 2.19. The van der Waals surface area contributed by atoms with Crippen molar-refractivity contribution in [3.63, 3.8) is 0 Å². The summed E-state index contributed by atoms with van der Waals surface area (Å²) in [5.74, 6) is -1.41. The van der Waals surface area contributed by atoms with Crippen LogP contribution in [0.1, 0.15) is 15.9 Å². The number of hydrogen-bond acceptors (Lipinski definition) is 5. The van der Waals surface area contributed by atoms with Crippen molar-refractivity contribution in [1.82, 2.24) is 0 Å². The molecular formula is C16H15NO5. The quantitative estimate of drug-likeness (QED) is 0.594. The SMILES string of the molecule is Cc1ccc(C(=O)OCC(=O)Nc2ccc(O)cc2)c(O)c1. The molecule has 2 rings (SSSR count). The molecule has 0 aromatic heterocycles. The fourth-order valence-electron chi connectivity index (χ4n) is 1.76. The first-order chi connectivity index (χ1) is 10.5. The van der Waals surface area contributed by atoms with Gasteiger partial charge in [-0.25, -0.2) is 4.79 Å². The van der Waals surface area contributed by atoms with E-state index in [1.165, 1.54) is 36.4 Å². The first-order valence-corrected chi connectivity index (χ1v) is 6.51. The van der Waals surface area contributed by atoms with E-state index in [0.29, 0.717) is 5.69 Å². The lowest BCUT2D eigenvalue weighted by Crippen LogP contribution is -2.20. The van der Waals surface area contributed by atoms with E-state index < -0.39 is 18.5 Å². The van der Waals surface area contributed by atoms with Crippen molar-refractivity contribution in [2.24, 2.45) is 0 Å². The molecule has 0 atom stereocenters. The Bertz CT molecular complexity index is 694. The molecule has 0 aliphatic carbocycles. The summed E-state index contributed by atoms with van der Waals surface area (Å²) in [7, 11) is 0. The molecule has 114 valence electrons. The van der Waals surface area contributed by atoms with Crippen LogP contribution in [0.4, 0.5) is 5.69 Å². The smallest absolute Gasteiger partial charge is 0.342 e. The summed E-state index contributed by atoms with van der Waals surface area (Å²) in [6, 6.07) is 10.4. The maximum Gasteiger partial charge on any atom is 0.342 e. The van der Waals surface area contributed by atoms with Gasteiger partial charge in [-0.15, -0.1) is 0 Å². The molecule has 0 bridgehead atoms. The Morgan fingerprint density at radius 2 is 1.77 bits per heavy atom. The Balaban J connectivity index is 1.90. The van der Waals surface area contributed by atoms with E-state index in [-0.39, 0.29) is 17.1 Å². The van der Waals surface area contributed by atoms with Crippen molar-refractivity contribution in [3.8, 4) is 11.5 Å². The highest BCUT2D eigenvalue weighted by molar-refractivity contribution is 5.96. The van der Waals surface area contributed by atoms with E-state index in [4.69, 9.17) is 9.84 Å². The number of nitrogens with one attached hydrogen (secondary N) is 1. The Morgan fingerprint density at radius 1 is 1.09 bits per heavy atom. The fraction of sp³-hybridized carbons (Fsp3) is 0.125. The van der Waals surface area contributed by atoms with Crippen LogP contribution in [0.15, 0.2) is 42.5 Å². The van der Waals surface area contributed by atoms with Crippen LogP contribution in [0.25, 0.3) is 0 Å². The van der Waals surface area contributed by atoms with Crippen LogP contribution in [0.2, 0.25) is 0 Å². The van der Waals surface area contributed by atoms with E-state index in [1.54, 1.807) is 13.0 Å². The van der Waals surface area contributed by atoms with E-state index >= 15 is 0 Å². The van der Waals surface area contributed by atoms with Gasteiger partial charge in [0.25, 0.3) is 5.91 Å². The molecule has 2 aromatic rings. The normalized spacial score (nSPS) is 10.0. The van der Waals surface area contributed by atoms with Crippen LogP contribution >= 0.6 is 0 Å². The van der Waals surface area contributed by atoms with Gasteiger partial charge in [0.1, 0.15) is 17.1 Å². The summed E-state index contributed by atoms with van der Waals surface area (Å²) >= 11 is 0. The number of aromatic hydroxyl groups is 2. The van der Waals surface area contributed by atoms with Gasteiger partial charge in [0, 0.05) is 5.69 Å². The van der Waals surface area contributed by atoms with Crippen molar-refractivity contribution < 1.29 is 24.5 Å². The first-order valence-electron chi connectivity index (χ1n) is 6.51. The second-order valence-corrected chi connectivity index (χ2v) is 4.69. The van der Waals surface area contributed by atoms with Crippen molar-refractivity contribution in [2.75, 3.05) is 11.9 Å². The summed E-state index contributed by atoms with van der Waals surface area (Å²) in [5.41, 5.74) is 1.28. The van der Waals surface area contributed by atoms with Crippen molar-refractivity contribution in [2.45, 2.75) is 6.92 Å². The molecule has 0 radical (unpaired) electrons. The summed E-state index contributed by atoms with van der Waals surface area (Å²) in [6.45, 7) is 1.30. The number of carbonyl (C=O) groups excluding carboxylic acids is 2. The van der Waals surface area contributed by atoms with Crippen LogP contribution in [0, 0.1) is 6.92 Å². The van der Waals surface area contributed by atoms with Crippen LogP contribution < -0.4 is 5.32 Å². The number of rotatable bonds is 4. The van der Waals surface area contributed by atoms with E-state index in [1.807, 2.05) is 0 Å². The zero-order valence-corrected chi connectivity index (χ0v) is 11.9. The Kier molecular flexibility index (Phi) is 4.63. The molecule has 3 N–H and O–H groups in total. The number of anilines is 1. The molecular weight excluding hydrogens is 286 g/mol. The second-order valence-electron chi connectivity index (χ2n) is 4.69. The Morgan fingerprint density at radius 3 is 2.41 bits per heavy atom. The van der Waals surface area contributed by atoms with Crippen LogP contribution in [0.3, 0.4) is 0 Å². The lowest BCUT2D eigenvalue weighted by Gasteiger charge is -2.08. The number of aryl methyl sites for hydroxylation is 1. The third-order valence-corrected chi connectivity index (χ3v) is 2.86. The molecule has 2 aromatic carbocycles. The predicted octanol–water partition coefficient (Wildman–Crippen LogP) is 2.20. The Hall–Kier alpha value is -3.02. The lowest BCUT2D eigenvalue weighted by atomic mass is 10.1. The van der Waals surface area contributed by atoms with Crippen molar-refractivity contribution >= 4 is 17.6 Å². The molecule has 0 unspecified atom stereocenters. The molecule has 1 amide bonds. The van der Waals surface area contributed by atoms with Gasteiger partial charge in [-0.05, 0) is 48.9 Å². The summed E-state index contributed by atoms with van der Waals surface area (Å²) in [4.78, 5) is 23.4. The van der Waals surface area contributed by atoms with Crippen LogP contribution in [0.5, 0.6) is 11.5 Å². The average Bonchev–Trinajstić information content (AvgIpc) is 2.47. The van der Waals surface area contributed by atoms with Gasteiger partial charge in [0.15, 0.2) is 6.61 Å². The fourth-order valence-corrected chi connectivity index (χ4v) is 1.76. The zero-order chi connectivity index (χ0) is 16.1. The molecule has 6 heteroatoms. The minimum Gasteiger partial charge on any atom is -0.508 e. The van der Waals surface area contributed by atoms with Gasteiger partial charge < -0.3 is 20.3 Å². The predicted molar refractivity (Wildman–Crippen MR) is 79.9 cm³/mol. The number of hydrogen-bond donors (Lipinski definition) is 3. The maximum absolute atomic E-state index is 11.8. The molecule has 22 heavy (non-hydrogen) atoms. The van der Waals surface area contributed by atoms with Gasteiger partial charge in [-0.1, -0.05) is 6.07 Å². The number of esters is 1. The number of phenols is 2. The third-order valence-electron chi connectivity index (χ3n) is 2.86. The average molecular weight is 301 g/mol. The third kappa shape index (κ3) is 3.99. The minimum atomic E-state index is -0.779. The van der Waals surface area contributed by atoms with Gasteiger partial charge in [-0.2, -0.15) is 0 Å². The largest absolute Gasteiger partial charge is 0.508 e. The number of carbonyl (C=O) groups is 2. The second kappa shape index (κ2) is 6.62. The highest BCUT2D eigenvalue weighted by Gasteiger charge is 2.14. The molecule has 0 saturated heterocycles. The maximum atomic E-state index is 11.8. The van der Waals surface area contributed by atoms with E-state index in [9.17, 15) is 14.7 Å². The van der Waals surface area contributed by atoms with Crippen molar-refractivity contribution in [1.29, 1.82) is 0 Å². The highest BCUT2D eigenvalue weighted by atomic mass is 16.5. The number of amides is 1. The Labute approximate surface area is 127 Å². The van der Waals surface area contributed by atoms with Gasteiger partial charge in [-0.3, -0.25) is 4.79 Å². The van der Waals surface area contributed by atoms with E-state index in [2.05, 4.69) is 5.32 Å².